The third-order valence-electron chi connectivity index (χ3n) is 4.65. The van der Waals surface area contributed by atoms with Crippen LogP contribution in [0.2, 0.25) is 0 Å². The van der Waals surface area contributed by atoms with E-state index >= 15 is 0 Å². The highest BCUT2D eigenvalue weighted by Gasteiger charge is 2.47. The highest BCUT2D eigenvalue weighted by molar-refractivity contribution is 7.98. The predicted octanol–water partition coefficient (Wildman–Crippen LogP) is 2.76. The van der Waals surface area contributed by atoms with Crippen LogP contribution in [0.4, 0.5) is 0 Å². The highest BCUT2D eigenvalue weighted by Crippen LogP contribution is 2.40. The summed E-state index contributed by atoms with van der Waals surface area (Å²) in [6.07, 6.45) is 9.54. The topological polar surface area (TPSA) is 57.6 Å². The van der Waals surface area contributed by atoms with E-state index in [4.69, 9.17) is 0 Å². The first-order valence-corrected chi connectivity index (χ1v) is 9.07. The summed E-state index contributed by atoms with van der Waals surface area (Å²) in [4.78, 5) is 25.6. The minimum absolute atomic E-state index is 0.0629. The number of carboxylic acids is 1. The fourth-order valence-electron chi connectivity index (χ4n) is 3.69. The van der Waals surface area contributed by atoms with Crippen molar-refractivity contribution in [3.8, 4) is 0 Å². The maximum Gasteiger partial charge on any atom is 0.326 e. The normalized spacial score (nSPS) is 29.2. The number of carbonyl (C=O) groups excluding carboxylic acids is 1. The molecule has 0 aromatic carbocycles. The van der Waals surface area contributed by atoms with Gasteiger partial charge in [0, 0.05) is 12.5 Å². The number of fused-ring (bicyclic) bond motifs is 1. The van der Waals surface area contributed by atoms with Crippen LogP contribution in [0.5, 0.6) is 0 Å². The minimum Gasteiger partial charge on any atom is -0.480 e. The number of rotatable bonds is 6. The maximum absolute atomic E-state index is 12.4. The van der Waals surface area contributed by atoms with E-state index in [9.17, 15) is 14.7 Å². The van der Waals surface area contributed by atoms with Crippen molar-refractivity contribution in [1.29, 1.82) is 0 Å². The largest absolute Gasteiger partial charge is 0.480 e. The first-order valence-electron chi connectivity index (χ1n) is 7.68. The molecule has 0 spiro atoms. The Labute approximate surface area is 125 Å². The maximum atomic E-state index is 12.4. The second kappa shape index (κ2) is 7.34. The van der Waals surface area contributed by atoms with Gasteiger partial charge in [-0.05, 0) is 50.0 Å². The van der Waals surface area contributed by atoms with Gasteiger partial charge >= 0.3 is 5.97 Å². The van der Waals surface area contributed by atoms with Gasteiger partial charge in [0.05, 0.1) is 0 Å². The average molecular weight is 299 g/mol. The number of amides is 1. The number of nitrogens with zero attached hydrogens (tertiary/aromatic N) is 1. The van der Waals surface area contributed by atoms with Crippen LogP contribution >= 0.6 is 11.8 Å². The summed E-state index contributed by atoms with van der Waals surface area (Å²) in [7, 11) is 0. The highest BCUT2D eigenvalue weighted by atomic mass is 32.2. The van der Waals surface area contributed by atoms with Crippen LogP contribution in [0.3, 0.4) is 0 Å². The van der Waals surface area contributed by atoms with Gasteiger partial charge in [-0.1, -0.05) is 12.8 Å². The lowest BCUT2D eigenvalue weighted by molar-refractivity contribution is -0.149. The number of hydrogen-bond acceptors (Lipinski definition) is 3. The molecule has 1 aliphatic heterocycles. The Morgan fingerprint density at radius 2 is 2.00 bits per heavy atom. The molecule has 0 aromatic heterocycles. The summed E-state index contributed by atoms with van der Waals surface area (Å²) >= 11 is 1.79. The molecule has 3 atom stereocenters. The third kappa shape index (κ3) is 3.48. The number of aliphatic carboxylic acids is 1. The van der Waals surface area contributed by atoms with E-state index in [2.05, 4.69) is 6.26 Å². The van der Waals surface area contributed by atoms with Crippen LogP contribution < -0.4 is 0 Å². The molecule has 1 heterocycles. The van der Waals surface area contributed by atoms with E-state index in [1.54, 1.807) is 16.7 Å². The van der Waals surface area contributed by atoms with Crippen LogP contribution in [-0.4, -0.2) is 46.0 Å². The van der Waals surface area contributed by atoms with Gasteiger partial charge in [0.15, 0.2) is 0 Å². The zero-order valence-electron chi connectivity index (χ0n) is 12.2. The molecule has 20 heavy (non-hydrogen) atoms. The van der Waals surface area contributed by atoms with E-state index in [0.717, 1.165) is 37.9 Å². The van der Waals surface area contributed by atoms with Crippen LogP contribution in [0.25, 0.3) is 0 Å². The Kier molecular flexibility index (Phi) is 5.75. The Morgan fingerprint density at radius 1 is 1.25 bits per heavy atom. The standard InChI is InChI=1S/C15H25NO3S/c1-20-9-5-4-8-14(17)16-12-7-3-2-6-11(12)10-13(16)15(18)19/h11-13H,2-10H2,1H3,(H,18,19). The van der Waals surface area contributed by atoms with Crippen molar-refractivity contribution in [2.24, 2.45) is 5.92 Å². The van der Waals surface area contributed by atoms with Crippen molar-refractivity contribution < 1.29 is 14.7 Å². The van der Waals surface area contributed by atoms with Gasteiger partial charge in [-0.25, -0.2) is 4.79 Å². The molecule has 2 aliphatic rings. The Hall–Kier alpha value is -0.710. The van der Waals surface area contributed by atoms with Crippen molar-refractivity contribution in [3.05, 3.63) is 0 Å². The zero-order chi connectivity index (χ0) is 14.5. The lowest BCUT2D eigenvalue weighted by Crippen LogP contribution is -2.46. The molecule has 5 heteroatoms. The minimum atomic E-state index is -0.822. The van der Waals surface area contributed by atoms with Gasteiger partial charge in [0.1, 0.15) is 6.04 Å². The van der Waals surface area contributed by atoms with Crippen LogP contribution in [0.15, 0.2) is 0 Å². The summed E-state index contributed by atoms with van der Waals surface area (Å²) in [5, 5.41) is 9.39. The van der Waals surface area contributed by atoms with Crippen molar-refractivity contribution in [1.82, 2.24) is 4.90 Å². The molecule has 0 bridgehead atoms. The third-order valence-corrected chi connectivity index (χ3v) is 5.35. The summed E-state index contributed by atoms with van der Waals surface area (Å²) in [6.45, 7) is 0. The van der Waals surface area contributed by atoms with Crippen molar-refractivity contribution in [2.45, 2.75) is 63.5 Å². The Bertz CT molecular complexity index is 361. The second-order valence-electron chi connectivity index (χ2n) is 5.95. The van der Waals surface area contributed by atoms with E-state index in [1.165, 1.54) is 6.42 Å². The number of carboxylic acid groups (broad SMARTS) is 1. The monoisotopic (exact) mass is 299 g/mol. The van der Waals surface area contributed by atoms with E-state index in [-0.39, 0.29) is 11.9 Å². The second-order valence-corrected chi connectivity index (χ2v) is 6.94. The number of likely N-dealkylation sites (tertiary alicyclic amines) is 1. The van der Waals surface area contributed by atoms with Crippen molar-refractivity contribution >= 4 is 23.6 Å². The van der Waals surface area contributed by atoms with Crippen LogP contribution in [0, 0.1) is 5.92 Å². The molecule has 0 radical (unpaired) electrons. The molecule has 1 amide bonds. The van der Waals surface area contributed by atoms with E-state index in [0.29, 0.717) is 18.8 Å². The van der Waals surface area contributed by atoms with Gasteiger partial charge in [-0.3, -0.25) is 4.79 Å². The summed E-state index contributed by atoms with van der Waals surface area (Å²) in [5.41, 5.74) is 0. The Morgan fingerprint density at radius 3 is 2.70 bits per heavy atom. The molecule has 4 nitrogen and oxygen atoms in total. The molecule has 2 rings (SSSR count). The fraction of sp³-hybridized carbons (Fsp3) is 0.867. The first kappa shape index (κ1) is 15.7. The molecule has 114 valence electrons. The van der Waals surface area contributed by atoms with Crippen LogP contribution in [0.1, 0.15) is 51.4 Å². The van der Waals surface area contributed by atoms with Gasteiger partial charge < -0.3 is 10.0 Å². The molecular formula is C15H25NO3S. The van der Waals surface area contributed by atoms with Gasteiger partial charge in [0.2, 0.25) is 5.91 Å². The van der Waals surface area contributed by atoms with E-state index < -0.39 is 12.0 Å². The SMILES string of the molecule is CSCCCCC(=O)N1C(C(=O)O)CC2CCCCC21. The Balaban J connectivity index is 1.97. The summed E-state index contributed by atoms with van der Waals surface area (Å²) in [5.74, 6) is 0.728. The van der Waals surface area contributed by atoms with Crippen LogP contribution in [-0.2, 0) is 9.59 Å². The molecule has 1 aliphatic carbocycles. The van der Waals surface area contributed by atoms with Crippen molar-refractivity contribution in [2.75, 3.05) is 12.0 Å². The molecular weight excluding hydrogens is 274 g/mol. The number of hydrogen-bond donors (Lipinski definition) is 1. The molecule has 1 saturated heterocycles. The number of carbonyl (C=O) groups is 2. The van der Waals surface area contributed by atoms with Gasteiger partial charge in [-0.2, -0.15) is 11.8 Å². The molecule has 1 saturated carbocycles. The fourth-order valence-corrected chi connectivity index (χ4v) is 4.18. The molecule has 0 aromatic rings. The summed E-state index contributed by atoms with van der Waals surface area (Å²) < 4.78 is 0. The quantitative estimate of drug-likeness (QED) is 0.766. The van der Waals surface area contributed by atoms with Crippen molar-refractivity contribution in [3.63, 3.8) is 0 Å². The zero-order valence-corrected chi connectivity index (χ0v) is 13.0. The molecule has 1 N–H and O–H groups in total. The lowest BCUT2D eigenvalue weighted by atomic mass is 9.84. The average Bonchev–Trinajstić information content (AvgIpc) is 2.83. The summed E-state index contributed by atoms with van der Waals surface area (Å²) in [6, 6.07) is -0.381. The predicted molar refractivity (Wildman–Crippen MR) is 80.9 cm³/mol. The lowest BCUT2D eigenvalue weighted by Gasteiger charge is -2.33. The number of unbranched alkanes of at least 4 members (excludes halogenated alkanes) is 1. The first-order chi connectivity index (χ1) is 9.65. The molecule has 3 unspecified atom stereocenters. The van der Waals surface area contributed by atoms with E-state index in [1.807, 2.05) is 0 Å². The molecule has 2 fully saturated rings. The van der Waals surface area contributed by atoms with Gasteiger partial charge in [0.25, 0.3) is 0 Å². The smallest absolute Gasteiger partial charge is 0.326 e. The number of thioether (sulfide) groups is 1. The van der Waals surface area contributed by atoms with Gasteiger partial charge in [-0.15, -0.1) is 0 Å².